The van der Waals surface area contributed by atoms with Gasteiger partial charge >= 0.3 is 5.38 Å². The van der Waals surface area contributed by atoms with Gasteiger partial charge in [-0.1, -0.05) is 24.3 Å². The zero-order valence-electron chi connectivity index (χ0n) is 16.1. The lowest BCUT2D eigenvalue weighted by atomic mass is 10.00. The van der Waals surface area contributed by atoms with E-state index >= 15 is 0 Å². The summed E-state index contributed by atoms with van der Waals surface area (Å²) in [6.07, 6.45) is 5.12. The third kappa shape index (κ3) is 5.20. The Kier molecular flexibility index (Phi) is 7.16. The Morgan fingerprint density at radius 1 is 1.03 bits per heavy atom. The van der Waals surface area contributed by atoms with E-state index in [2.05, 4.69) is 6.08 Å². The fourth-order valence-corrected chi connectivity index (χ4v) is 3.49. The average molecular weight is 447 g/mol. The van der Waals surface area contributed by atoms with E-state index in [9.17, 15) is 22.0 Å². The van der Waals surface area contributed by atoms with Crippen molar-refractivity contribution in [1.29, 1.82) is 0 Å². The third-order valence-corrected chi connectivity index (χ3v) is 5.03. The van der Waals surface area contributed by atoms with Gasteiger partial charge in [-0.05, 0) is 55.1 Å². The van der Waals surface area contributed by atoms with Gasteiger partial charge in [0.1, 0.15) is 23.0 Å². The summed E-state index contributed by atoms with van der Waals surface area (Å²) in [5.74, 6) is -3.67. The van der Waals surface area contributed by atoms with E-state index in [1.54, 1.807) is 0 Å². The van der Waals surface area contributed by atoms with Crippen LogP contribution in [0.4, 0.5) is 22.0 Å². The van der Waals surface area contributed by atoms with E-state index in [-0.39, 0.29) is 17.0 Å². The van der Waals surface area contributed by atoms with Gasteiger partial charge < -0.3 is 9.47 Å². The Morgan fingerprint density at radius 2 is 1.67 bits per heavy atom. The minimum absolute atomic E-state index is 0.152. The Labute approximate surface area is 176 Å². The second kappa shape index (κ2) is 9.45. The van der Waals surface area contributed by atoms with Crippen molar-refractivity contribution < 1.29 is 31.4 Å². The van der Waals surface area contributed by atoms with Crippen LogP contribution in [0.25, 0.3) is 11.1 Å². The highest BCUT2D eigenvalue weighted by atomic mass is 35.5. The maximum absolute atomic E-state index is 14.6. The zero-order valence-corrected chi connectivity index (χ0v) is 16.9. The molecular formula is C22H20ClF5O2. The normalized spacial score (nSPS) is 20.1. The van der Waals surface area contributed by atoms with Crippen LogP contribution in [0, 0.1) is 23.4 Å². The van der Waals surface area contributed by atoms with Crippen LogP contribution in [-0.2, 0) is 14.9 Å². The number of allylic oxidation sites excluding steroid dienone is 2. The maximum Gasteiger partial charge on any atom is 0.353 e. The second-order valence-electron chi connectivity index (χ2n) is 7.06. The van der Waals surface area contributed by atoms with Gasteiger partial charge in [0, 0.05) is 17.0 Å². The van der Waals surface area contributed by atoms with Crippen molar-refractivity contribution in [3.8, 4) is 11.1 Å². The first-order valence-corrected chi connectivity index (χ1v) is 9.79. The summed E-state index contributed by atoms with van der Waals surface area (Å²) in [6, 6.07) is 5.18. The van der Waals surface area contributed by atoms with Crippen LogP contribution < -0.4 is 0 Å². The van der Waals surface area contributed by atoms with Crippen molar-refractivity contribution in [3.63, 3.8) is 0 Å². The van der Waals surface area contributed by atoms with Gasteiger partial charge in [0.25, 0.3) is 0 Å². The fourth-order valence-electron chi connectivity index (χ4n) is 3.31. The van der Waals surface area contributed by atoms with E-state index in [4.69, 9.17) is 21.1 Å². The molecule has 1 aliphatic rings. The molecule has 0 bridgehead atoms. The molecule has 30 heavy (non-hydrogen) atoms. The van der Waals surface area contributed by atoms with Gasteiger partial charge in [-0.15, -0.1) is 0 Å². The highest BCUT2D eigenvalue weighted by molar-refractivity contribution is 6.21. The molecule has 162 valence electrons. The SMILES string of the molecule is C/C=C/CCC1COC(c2ccc(-c3cc(F)c(C(F)(F)Cl)c(F)c3)c(F)c2)OC1. The Balaban J connectivity index is 1.75. The standard InChI is InChI=1S/C22H20ClF5O2/c1-2-3-4-5-13-11-29-21(30-12-13)14-6-7-16(17(24)8-14)15-9-18(25)20(19(26)10-15)22(23,27)28/h2-3,6-10,13,21H,4-5,11-12H2,1H3/b3-2+. The lowest BCUT2D eigenvalue weighted by Gasteiger charge is -2.29. The summed E-state index contributed by atoms with van der Waals surface area (Å²) in [7, 11) is 0. The minimum Gasteiger partial charge on any atom is -0.348 e. The molecule has 2 nitrogen and oxygen atoms in total. The number of benzene rings is 2. The molecular weight excluding hydrogens is 427 g/mol. The number of rotatable bonds is 6. The molecule has 0 aliphatic carbocycles. The molecule has 0 saturated carbocycles. The number of halogens is 6. The van der Waals surface area contributed by atoms with Gasteiger partial charge in [-0.2, -0.15) is 8.78 Å². The number of hydrogen-bond acceptors (Lipinski definition) is 2. The third-order valence-electron chi connectivity index (χ3n) is 4.85. The van der Waals surface area contributed by atoms with Gasteiger partial charge in [0.15, 0.2) is 6.29 Å². The molecule has 0 spiro atoms. The Bertz CT molecular complexity index is 895. The molecule has 0 N–H and O–H groups in total. The topological polar surface area (TPSA) is 18.5 Å². The van der Waals surface area contributed by atoms with Crippen LogP contribution in [0.3, 0.4) is 0 Å². The maximum atomic E-state index is 14.6. The summed E-state index contributed by atoms with van der Waals surface area (Å²) < 4.78 is 80.2. The van der Waals surface area contributed by atoms with Crippen LogP contribution in [0.5, 0.6) is 0 Å². The van der Waals surface area contributed by atoms with Crippen LogP contribution in [0.15, 0.2) is 42.5 Å². The largest absolute Gasteiger partial charge is 0.353 e. The molecule has 0 aromatic heterocycles. The van der Waals surface area contributed by atoms with Crippen molar-refractivity contribution in [1.82, 2.24) is 0 Å². The molecule has 1 fully saturated rings. The highest BCUT2D eigenvalue weighted by Crippen LogP contribution is 2.38. The Morgan fingerprint density at radius 3 is 2.20 bits per heavy atom. The summed E-state index contributed by atoms with van der Waals surface area (Å²) in [4.78, 5) is 0. The quantitative estimate of drug-likeness (QED) is 0.268. The molecule has 0 amide bonds. The first-order valence-electron chi connectivity index (χ1n) is 9.41. The molecule has 2 aromatic carbocycles. The Hall–Kier alpha value is -1.96. The van der Waals surface area contributed by atoms with Crippen molar-refractivity contribution in [2.24, 2.45) is 5.92 Å². The van der Waals surface area contributed by atoms with Crippen molar-refractivity contribution >= 4 is 11.6 Å². The van der Waals surface area contributed by atoms with Gasteiger partial charge in [0.2, 0.25) is 0 Å². The summed E-state index contributed by atoms with van der Waals surface area (Å²) in [5.41, 5.74) is -1.54. The predicted molar refractivity (Wildman–Crippen MR) is 104 cm³/mol. The van der Waals surface area contributed by atoms with Crippen LogP contribution in [-0.4, -0.2) is 13.2 Å². The molecule has 3 rings (SSSR count). The van der Waals surface area contributed by atoms with Crippen LogP contribution in [0.1, 0.15) is 37.2 Å². The van der Waals surface area contributed by atoms with Gasteiger partial charge in [-0.3, -0.25) is 0 Å². The van der Waals surface area contributed by atoms with E-state index in [0.29, 0.717) is 30.9 Å². The van der Waals surface area contributed by atoms with Crippen molar-refractivity contribution in [3.05, 3.63) is 71.1 Å². The van der Waals surface area contributed by atoms with E-state index < -0.39 is 34.7 Å². The van der Waals surface area contributed by atoms with E-state index in [1.807, 2.05) is 13.0 Å². The van der Waals surface area contributed by atoms with Crippen LogP contribution in [0.2, 0.25) is 0 Å². The zero-order chi connectivity index (χ0) is 21.9. The predicted octanol–water partition coefficient (Wildman–Crippen LogP) is 7.08. The smallest absolute Gasteiger partial charge is 0.348 e. The molecule has 1 heterocycles. The fraction of sp³-hybridized carbons (Fsp3) is 0.364. The number of ether oxygens (including phenoxy) is 2. The van der Waals surface area contributed by atoms with Gasteiger partial charge in [0.05, 0.1) is 13.2 Å². The molecule has 1 saturated heterocycles. The molecule has 0 atom stereocenters. The molecule has 0 unspecified atom stereocenters. The number of alkyl halides is 3. The van der Waals surface area contributed by atoms with Crippen molar-refractivity contribution in [2.75, 3.05) is 13.2 Å². The van der Waals surface area contributed by atoms with Crippen LogP contribution >= 0.6 is 11.6 Å². The van der Waals surface area contributed by atoms with Crippen molar-refractivity contribution in [2.45, 2.75) is 31.4 Å². The summed E-state index contributed by atoms with van der Waals surface area (Å²) >= 11 is 4.73. The van der Waals surface area contributed by atoms with E-state index in [0.717, 1.165) is 18.9 Å². The van der Waals surface area contributed by atoms with E-state index in [1.165, 1.54) is 12.1 Å². The number of hydrogen-bond donors (Lipinski definition) is 0. The molecule has 8 heteroatoms. The first kappa shape index (κ1) is 22.7. The monoisotopic (exact) mass is 446 g/mol. The lowest BCUT2D eigenvalue weighted by molar-refractivity contribution is -0.205. The lowest BCUT2D eigenvalue weighted by Crippen LogP contribution is -2.27. The van der Waals surface area contributed by atoms with Gasteiger partial charge in [-0.25, -0.2) is 13.2 Å². The summed E-state index contributed by atoms with van der Waals surface area (Å²) in [6.45, 7) is 2.89. The minimum atomic E-state index is -4.21. The molecule has 1 aliphatic heterocycles. The summed E-state index contributed by atoms with van der Waals surface area (Å²) in [5, 5.41) is -4.21. The first-order chi connectivity index (χ1) is 14.2. The molecule has 0 radical (unpaired) electrons. The molecule has 2 aromatic rings. The highest BCUT2D eigenvalue weighted by Gasteiger charge is 2.35. The second-order valence-corrected chi connectivity index (χ2v) is 7.54. The average Bonchev–Trinajstić information content (AvgIpc) is 2.67.